The summed E-state index contributed by atoms with van der Waals surface area (Å²) in [4.78, 5) is 4.45. The largest absolute Gasteiger partial charge is 0.494 e. The average molecular weight is 375 g/mol. The second kappa shape index (κ2) is 6.96. The molecule has 0 amide bonds. The summed E-state index contributed by atoms with van der Waals surface area (Å²) in [5.41, 5.74) is 3.38. The smallest absolute Gasteiger partial charge is 0.136 e. The molecule has 2 aromatic carbocycles. The van der Waals surface area contributed by atoms with Crippen molar-refractivity contribution in [3.05, 3.63) is 60.5 Å². The molecule has 0 aliphatic carbocycles. The summed E-state index contributed by atoms with van der Waals surface area (Å²) < 4.78 is 26.5. The molecule has 28 heavy (non-hydrogen) atoms. The van der Waals surface area contributed by atoms with Crippen molar-refractivity contribution in [1.82, 2.24) is 15.2 Å². The molecular formula is C22H18FN3O2. The molecule has 0 radical (unpaired) electrons. The van der Waals surface area contributed by atoms with E-state index in [1.807, 2.05) is 30.3 Å². The van der Waals surface area contributed by atoms with Crippen molar-refractivity contribution in [3.8, 4) is 34.0 Å². The second-order valence-electron chi connectivity index (χ2n) is 6.73. The maximum atomic E-state index is 14.7. The van der Waals surface area contributed by atoms with Gasteiger partial charge < -0.3 is 9.47 Å². The Hall–Kier alpha value is -3.41. The predicted molar refractivity (Wildman–Crippen MR) is 105 cm³/mol. The van der Waals surface area contributed by atoms with Gasteiger partial charge in [0, 0.05) is 10.9 Å². The molecule has 0 saturated carbocycles. The number of H-pyrrole nitrogens is 1. The van der Waals surface area contributed by atoms with Crippen molar-refractivity contribution in [2.75, 3.05) is 13.2 Å². The minimum absolute atomic E-state index is 0.357. The summed E-state index contributed by atoms with van der Waals surface area (Å²) in [5, 5.41) is 8.32. The first-order chi connectivity index (χ1) is 13.8. The quantitative estimate of drug-likeness (QED) is 0.471. The van der Waals surface area contributed by atoms with E-state index in [1.165, 1.54) is 6.07 Å². The third kappa shape index (κ3) is 2.97. The highest BCUT2D eigenvalue weighted by Crippen LogP contribution is 2.35. The molecule has 140 valence electrons. The molecule has 1 aliphatic rings. The molecule has 3 heterocycles. The van der Waals surface area contributed by atoms with E-state index in [-0.39, 0.29) is 5.82 Å². The van der Waals surface area contributed by atoms with E-state index < -0.39 is 0 Å². The third-order valence-electron chi connectivity index (χ3n) is 4.85. The first-order valence-electron chi connectivity index (χ1n) is 9.29. The van der Waals surface area contributed by atoms with Crippen LogP contribution in [0.3, 0.4) is 0 Å². The number of aromatic amines is 1. The Morgan fingerprint density at radius 1 is 0.964 bits per heavy atom. The summed E-state index contributed by atoms with van der Waals surface area (Å²) in [6.45, 7) is 1.08. The summed E-state index contributed by atoms with van der Waals surface area (Å²) in [5.74, 6) is 0.936. The lowest BCUT2D eigenvalue weighted by Crippen LogP contribution is -2.04. The number of fused-ring (bicyclic) bond motifs is 6. The summed E-state index contributed by atoms with van der Waals surface area (Å²) >= 11 is 0. The van der Waals surface area contributed by atoms with Gasteiger partial charge in [0.25, 0.3) is 0 Å². The fraction of sp³-hybridized carbons (Fsp3) is 0.182. The number of pyridine rings is 1. The van der Waals surface area contributed by atoms with Crippen molar-refractivity contribution >= 4 is 10.9 Å². The van der Waals surface area contributed by atoms with Crippen LogP contribution in [0.5, 0.6) is 11.5 Å². The van der Waals surface area contributed by atoms with E-state index in [2.05, 4.69) is 15.2 Å². The highest BCUT2D eigenvalue weighted by Gasteiger charge is 2.17. The number of hydrogen-bond donors (Lipinski definition) is 1. The number of ether oxygens (including phenoxy) is 2. The highest BCUT2D eigenvalue weighted by atomic mass is 19.1. The van der Waals surface area contributed by atoms with Crippen molar-refractivity contribution in [1.29, 1.82) is 0 Å². The Morgan fingerprint density at radius 3 is 2.75 bits per heavy atom. The summed E-state index contributed by atoms with van der Waals surface area (Å²) in [7, 11) is 0. The van der Waals surface area contributed by atoms with Crippen LogP contribution in [0, 0.1) is 5.82 Å². The fourth-order valence-corrected chi connectivity index (χ4v) is 3.46. The Balaban J connectivity index is 1.73. The molecule has 4 bridgehead atoms. The lowest BCUT2D eigenvalue weighted by molar-refractivity contribution is 0.266. The van der Waals surface area contributed by atoms with Crippen molar-refractivity contribution in [2.24, 2.45) is 0 Å². The van der Waals surface area contributed by atoms with Gasteiger partial charge in [-0.15, -0.1) is 0 Å². The topological polar surface area (TPSA) is 60.0 Å². The molecule has 5 nitrogen and oxygen atoms in total. The standard InChI is InChI=1S/C22H18FN3O2/c23-17-7-4-8-20-21(17)18-12-16-19(13-24-18)25-26-22(16)14-5-3-6-15(11-14)27-9-1-2-10-28-20/h3-8,11-13H,1-2,9-10H2,(H,25,26). The van der Waals surface area contributed by atoms with E-state index in [9.17, 15) is 4.39 Å². The molecular weight excluding hydrogens is 357 g/mol. The normalized spacial score (nSPS) is 13.9. The maximum Gasteiger partial charge on any atom is 0.136 e. The van der Waals surface area contributed by atoms with Crippen LogP contribution in [0.4, 0.5) is 4.39 Å². The number of hydrogen-bond acceptors (Lipinski definition) is 4. The predicted octanol–water partition coefficient (Wildman–Crippen LogP) is 4.98. The van der Waals surface area contributed by atoms with E-state index in [0.717, 1.165) is 40.8 Å². The summed E-state index contributed by atoms with van der Waals surface area (Å²) in [6, 6.07) is 14.5. The van der Waals surface area contributed by atoms with Gasteiger partial charge in [0.05, 0.1) is 36.2 Å². The van der Waals surface area contributed by atoms with Gasteiger partial charge >= 0.3 is 0 Å². The van der Waals surface area contributed by atoms with Gasteiger partial charge in [-0.3, -0.25) is 10.1 Å². The van der Waals surface area contributed by atoms with Crippen LogP contribution in [-0.2, 0) is 0 Å². The minimum atomic E-state index is -0.357. The Bertz CT molecular complexity index is 1160. The number of nitrogens with zero attached hydrogens (tertiary/aromatic N) is 2. The molecule has 0 saturated heterocycles. The number of nitrogens with one attached hydrogen (secondary N) is 1. The maximum absolute atomic E-state index is 14.7. The Morgan fingerprint density at radius 2 is 1.82 bits per heavy atom. The summed E-state index contributed by atoms with van der Waals surface area (Å²) in [6.07, 6.45) is 3.33. The highest BCUT2D eigenvalue weighted by molar-refractivity contribution is 5.95. The molecule has 0 unspecified atom stereocenters. The fourth-order valence-electron chi connectivity index (χ4n) is 3.46. The zero-order chi connectivity index (χ0) is 18.9. The molecule has 0 atom stereocenters. The zero-order valence-corrected chi connectivity index (χ0v) is 15.1. The van der Waals surface area contributed by atoms with Crippen molar-refractivity contribution < 1.29 is 13.9 Å². The van der Waals surface area contributed by atoms with Gasteiger partial charge in [-0.25, -0.2) is 4.39 Å². The van der Waals surface area contributed by atoms with Gasteiger partial charge in [0.2, 0.25) is 0 Å². The van der Waals surface area contributed by atoms with Crippen LogP contribution in [0.25, 0.3) is 33.4 Å². The van der Waals surface area contributed by atoms with E-state index in [0.29, 0.717) is 30.2 Å². The van der Waals surface area contributed by atoms with Crippen LogP contribution in [0.2, 0.25) is 0 Å². The van der Waals surface area contributed by atoms with Crippen molar-refractivity contribution in [2.45, 2.75) is 12.8 Å². The molecule has 1 N–H and O–H groups in total. The number of halogens is 1. The molecule has 0 fully saturated rings. The van der Waals surface area contributed by atoms with Crippen LogP contribution in [0.1, 0.15) is 12.8 Å². The lowest BCUT2D eigenvalue weighted by Gasteiger charge is -2.12. The molecule has 2 aromatic heterocycles. The first kappa shape index (κ1) is 16.7. The van der Waals surface area contributed by atoms with Crippen LogP contribution in [0.15, 0.2) is 54.7 Å². The molecule has 6 heteroatoms. The van der Waals surface area contributed by atoms with Crippen LogP contribution >= 0.6 is 0 Å². The van der Waals surface area contributed by atoms with Crippen LogP contribution < -0.4 is 9.47 Å². The molecule has 1 aliphatic heterocycles. The Labute approximate surface area is 161 Å². The van der Waals surface area contributed by atoms with E-state index >= 15 is 0 Å². The second-order valence-corrected chi connectivity index (χ2v) is 6.73. The van der Waals surface area contributed by atoms with Crippen LogP contribution in [-0.4, -0.2) is 28.4 Å². The monoisotopic (exact) mass is 375 g/mol. The SMILES string of the molecule is Fc1cccc2c1-c1cc3c(n[nH]c3cn1)-c1cccc(c1)OCCCCO2. The lowest BCUT2D eigenvalue weighted by atomic mass is 10.0. The van der Waals surface area contributed by atoms with Gasteiger partial charge in [0.15, 0.2) is 0 Å². The first-order valence-corrected chi connectivity index (χ1v) is 9.29. The van der Waals surface area contributed by atoms with E-state index in [1.54, 1.807) is 18.3 Å². The number of rotatable bonds is 0. The van der Waals surface area contributed by atoms with Crippen molar-refractivity contribution in [3.63, 3.8) is 0 Å². The molecule has 5 rings (SSSR count). The molecule has 4 aromatic rings. The molecule has 0 spiro atoms. The Kier molecular flexibility index (Phi) is 4.16. The number of aromatic nitrogens is 3. The zero-order valence-electron chi connectivity index (χ0n) is 15.1. The van der Waals surface area contributed by atoms with Gasteiger partial charge in [0.1, 0.15) is 23.0 Å². The van der Waals surface area contributed by atoms with Gasteiger partial charge in [-0.2, -0.15) is 5.10 Å². The van der Waals surface area contributed by atoms with Gasteiger partial charge in [-0.1, -0.05) is 18.2 Å². The number of benzene rings is 2. The minimum Gasteiger partial charge on any atom is -0.494 e. The third-order valence-corrected chi connectivity index (χ3v) is 4.85. The average Bonchev–Trinajstić information content (AvgIpc) is 3.13. The van der Waals surface area contributed by atoms with Gasteiger partial charge in [-0.05, 0) is 43.2 Å². The van der Waals surface area contributed by atoms with E-state index in [4.69, 9.17) is 9.47 Å².